The molecule has 5 heteroatoms. The van der Waals surface area contributed by atoms with Gasteiger partial charge in [-0.25, -0.2) is 4.39 Å². The van der Waals surface area contributed by atoms with E-state index in [2.05, 4.69) is 11.6 Å². The highest BCUT2D eigenvalue weighted by atomic mass is 35.5. The average molecular weight is 304 g/mol. The van der Waals surface area contributed by atoms with Crippen LogP contribution in [0, 0.1) is 5.82 Å². The second kappa shape index (κ2) is 7.48. The van der Waals surface area contributed by atoms with Crippen molar-refractivity contribution in [3.63, 3.8) is 0 Å². The molecule has 1 fully saturated rings. The first-order valence-electron chi connectivity index (χ1n) is 6.51. The van der Waals surface area contributed by atoms with E-state index >= 15 is 0 Å². The fourth-order valence-corrected chi connectivity index (χ4v) is 2.87. The lowest BCUT2D eigenvalue weighted by molar-refractivity contribution is 0.0986. The van der Waals surface area contributed by atoms with Crippen LogP contribution in [0.3, 0.4) is 0 Å². The van der Waals surface area contributed by atoms with Crippen LogP contribution in [0.2, 0.25) is 5.02 Å². The van der Waals surface area contributed by atoms with Gasteiger partial charge in [-0.3, -0.25) is 0 Å². The zero-order valence-electron chi connectivity index (χ0n) is 11.0. The van der Waals surface area contributed by atoms with E-state index in [1.165, 1.54) is 6.07 Å². The van der Waals surface area contributed by atoms with Gasteiger partial charge in [0.25, 0.3) is 0 Å². The van der Waals surface area contributed by atoms with Gasteiger partial charge in [0.2, 0.25) is 0 Å². The van der Waals surface area contributed by atoms with Crippen LogP contribution in [-0.4, -0.2) is 31.2 Å². The summed E-state index contributed by atoms with van der Waals surface area (Å²) in [5.41, 5.74) is 0.863. The molecular weight excluding hydrogens is 285 g/mol. The zero-order valence-corrected chi connectivity index (χ0v) is 12.6. The average Bonchev–Trinajstić information content (AvgIpc) is 2.86. The third kappa shape index (κ3) is 4.09. The Morgan fingerprint density at radius 2 is 2.37 bits per heavy atom. The van der Waals surface area contributed by atoms with Crippen molar-refractivity contribution in [2.75, 3.05) is 25.2 Å². The predicted molar refractivity (Wildman–Crippen MR) is 79.5 cm³/mol. The number of halogens is 2. The van der Waals surface area contributed by atoms with Crippen LogP contribution in [0.4, 0.5) is 4.39 Å². The monoisotopic (exact) mass is 303 g/mol. The maximum absolute atomic E-state index is 13.5. The third-order valence-electron chi connectivity index (χ3n) is 3.30. The fourth-order valence-electron chi connectivity index (χ4n) is 2.32. The minimum absolute atomic E-state index is 0.0685. The summed E-state index contributed by atoms with van der Waals surface area (Å²) in [5, 5.41) is 3.66. The highest BCUT2D eigenvalue weighted by molar-refractivity contribution is 7.98. The Balaban J connectivity index is 1.95. The van der Waals surface area contributed by atoms with E-state index in [4.69, 9.17) is 16.3 Å². The molecule has 0 aliphatic carbocycles. The van der Waals surface area contributed by atoms with Gasteiger partial charge < -0.3 is 10.1 Å². The summed E-state index contributed by atoms with van der Waals surface area (Å²) < 4.78 is 19.2. The standard InChI is InChI=1S/C14H19ClFNOS/c1-19-8-2-6-17-13-5-7-18-14(13)10-3-4-11(15)12(16)9-10/h3-4,9,13-14,17H,2,5-8H2,1H3/t13-,14+/m1/s1. The number of hydrogen-bond donors (Lipinski definition) is 1. The largest absolute Gasteiger partial charge is 0.372 e. The van der Waals surface area contributed by atoms with Gasteiger partial charge in [0, 0.05) is 12.6 Å². The zero-order chi connectivity index (χ0) is 13.7. The molecule has 2 nitrogen and oxygen atoms in total. The molecule has 1 aromatic rings. The van der Waals surface area contributed by atoms with Gasteiger partial charge in [0.1, 0.15) is 5.82 Å². The summed E-state index contributed by atoms with van der Waals surface area (Å²) >= 11 is 7.56. The van der Waals surface area contributed by atoms with Crippen molar-refractivity contribution in [1.82, 2.24) is 5.32 Å². The topological polar surface area (TPSA) is 21.3 Å². The number of benzene rings is 1. The summed E-state index contributed by atoms with van der Waals surface area (Å²) in [7, 11) is 0. The Morgan fingerprint density at radius 1 is 1.53 bits per heavy atom. The molecule has 1 aliphatic heterocycles. The van der Waals surface area contributed by atoms with Crippen molar-refractivity contribution < 1.29 is 9.13 Å². The van der Waals surface area contributed by atoms with Gasteiger partial charge in [0.05, 0.1) is 11.1 Å². The lowest BCUT2D eigenvalue weighted by Gasteiger charge is -2.20. The highest BCUT2D eigenvalue weighted by Crippen LogP contribution is 2.31. The van der Waals surface area contributed by atoms with Gasteiger partial charge in [-0.05, 0) is 49.1 Å². The first-order chi connectivity index (χ1) is 9.22. The van der Waals surface area contributed by atoms with Crippen LogP contribution in [0.5, 0.6) is 0 Å². The molecule has 106 valence electrons. The van der Waals surface area contributed by atoms with Gasteiger partial charge in [-0.1, -0.05) is 17.7 Å². The summed E-state index contributed by atoms with van der Waals surface area (Å²) in [6.45, 7) is 1.69. The smallest absolute Gasteiger partial charge is 0.142 e. The molecule has 1 heterocycles. The molecule has 1 saturated heterocycles. The lowest BCUT2D eigenvalue weighted by atomic mass is 10.0. The van der Waals surface area contributed by atoms with Crippen LogP contribution >= 0.6 is 23.4 Å². The van der Waals surface area contributed by atoms with Gasteiger partial charge in [0.15, 0.2) is 0 Å². The SMILES string of the molecule is CSCCCN[C@@H]1CCO[C@H]1c1ccc(Cl)c(F)c1. The fraction of sp³-hybridized carbons (Fsp3) is 0.571. The number of thioether (sulfide) groups is 1. The maximum Gasteiger partial charge on any atom is 0.142 e. The first kappa shape index (κ1) is 15.1. The van der Waals surface area contributed by atoms with E-state index in [9.17, 15) is 4.39 Å². The molecule has 1 aromatic carbocycles. The second-order valence-corrected chi connectivity index (χ2v) is 6.05. The minimum Gasteiger partial charge on any atom is -0.372 e. The molecule has 0 amide bonds. The van der Waals surface area contributed by atoms with Crippen molar-refractivity contribution in [2.45, 2.75) is 25.0 Å². The predicted octanol–water partition coefficient (Wildman–Crippen LogP) is 3.65. The Labute approximate surface area is 123 Å². The van der Waals surface area contributed by atoms with Crippen LogP contribution < -0.4 is 5.32 Å². The van der Waals surface area contributed by atoms with Crippen molar-refractivity contribution in [3.05, 3.63) is 34.6 Å². The Hall–Kier alpha value is -0.290. The van der Waals surface area contributed by atoms with E-state index in [1.54, 1.807) is 6.07 Å². The Morgan fingerprint density at radius 3 is 3.11 bits per heavy atom. The highest BCUT2D eigenvalue weighted by Gasteiger charge is 2.29. The summed E-state index contributed by atoms with van der Waals surface area (Å²) in [4.78, 5) is 0. The molecule has 1 aliphatic rings. The van der Waals surface area contributed by atoms with Crippen LogP contribution in [0.25, 0.3) is 0 Å². The normalized spacial score (nSPS) is 22.9. The van der Waals surface area contributed by atoms with Crippen LogP contribution in [-0.2, 0) is 4.74 Å². The molecule has 0 radical (unpaired) electrons. The van der Waals surface area contributed by atoms with Crippen molar-refractivity contribution in [3.8, 4) is 0 Å². The molecule has 0 aromatic heterocycles. The molecule has 0 bridgehead atoms. The second-order valence-electron chi connectivity index (χ2n) is 4.66. The number of hydrogen-bond acceptors (Lipinski definition) is 3. The first-order valence-corrected chi connectivity index (χ1v) is 8.28. The molecule has 0 unspecified atom stereocenters. The maximum atomic E-state index is 13.5. The van der Waals surface area contributed by atoms with E-state index in [-0.39, 0.29) is 23.0 Å². The third-order valence-corrected chi connectivity index (χ3v) is 4.30. The van der Waals surface area contributed by atoms with Gasteiger partial charge >= 0.3 is 0 Å². The molecule has 2 atom stereocenters. The quantitative estimate of drug-likeness (QED) is 0.811. The summed E-state index contributed by atoms with van der Waals surface area (Å²) in [6, 6.07) is 5.19. The van der Waals surface area contributed by atoms with E-state index in [0.29, 0.717) is 0 Å². The van der Waals surface area contributed by atoms with Gasteiger partial charge in [-0.2, -0.15) is 11.8 Å². The van der Waals surface area contributed by atoms with Crippen molar-refractivity contribution >= 4 is 23.4 Å². The molecule has 19 heavy (non-hydrogen) atoms. The molecule has 2 rings (SSSR count). The minimum atomic E-state index is -0.379. The van der Waals surface area contributed by atoms with Crippen molar-refractivity contribution in [2.24, 2.45) is 0 Å². The molecule has 1 N–H and O–H groups in total. The number of rotatable bonds is 6. The number of nitrogens with one attached hydrogen (secondary N) is 1. The van der Waals surface area contributed by atoms with Crippen LogP contribution in [0.1, 0.15) is 24.5 Å². The summed E-state index contributed by atoms with van der Waals surface area (Å²) in [5.74, 6) is 0.775. The molecule has 0 spiro atoms. The Bertz CT molecular complexity index is 418. The van der Waals surface area contributed by atoms with Crippen molar-refractivity contribution in [1.29, 1.82) is 0 Å². The molecular formula is C14H19ClFNOS. The van der Waals surface area contributed by atoms with E-state index < -0.39 is 0 Å². The van der Waals surface area contributed by atoms with E-state index in [1.807, 2.05) is 17.8 Å². The lowest BCUT2D eigenvalue weighted by Crippen LogP contribution is -2.32. The number of ether oxygens (including phenoxy) is 1. The van der Waals surface area contributed by atoms with E-state index in [0.717, 1.165) is 37.3 Å². The van der Waals surface area contributed by atoms with Gasteiger partial charge in [-0.15, -0.1) is 0 Å². The Kier molecular flexibility index (Phi) is 5.95. The molecule has 0 saturated carbocycles. The summed E-state index contributed by atoms with van der Waals surface area (Å²) in [6.07, 6.45) is 4.15. The van der Waals surface area contributed by atoms with Crippen LogP contribution in [0.15, 0.2) is 18.2 Å².